The molecule has 132 valence electrons. The number of pyridine rings is 1. The summed E-state index contributed by atoms with van der Waals surface area (Å²) in [5, 5.41) is 0. The first kappa shape index (κ1) is 17.3. The molecule has 0 spiro atoms. The van der Waals surface area contributed by atoms with Gasteiger partial charge in [0, 0.05) is 33.4 Å². The lowest BCUT2D eigenvalue weighted by atomic mass is 9.91. The summed E-state index contributed by atoms with van der Waals surface area (Å²) in [6, 6.07) is 5.76. The maximum atomic E-state index is 12.7. The van der Waals surface area contributed by atoms with E-state index in [0.29, 0.717) is 12.5 Å². The van der Waals surface area contributed by atoms with Gasteiger partial charge in [0.1, 0.15) is 6.10 Å². The summed E-state index contributed by atoms with van der Waals surface area (Å²) in [5.74, 6) is 0.569. The van der Waals surface area contributed by atoms with E-state index >= 15 is 0 Å². The Bertz CT molecular complexity index is 540. The van der Waals surface area contributed by atoms with Gasteiger partial charge in [-0.15, -0.1) is 0 Å². The number of piperidine rings is 1. The SMILES string of the molecule is COCCN1CC[C@H]2C[C@H](C(=O)N(C)Cc3ccccn3)O[C@@H]2C1. The molecule has 2 fully saturated rings. The number of fused-ring (bicyclic) bond motifs is 1. The molecule has 3 heterocycles. The van der Waals surface area contributed by atoms with E-state index in [0.717, 1.165) is 44.8 Å². The van der Waals surface area contributed by atoms with Crippen LogP contribution in [0.5, 0.6) is 0 Å². The van der Waals surface area contributed by atoms with Gasteiger partial charge < -0.3 is 14.4 Å². The average molecular weight is 333 g/mol. The number of likely N-dealkylation sites (tertiary alicyclic amines) is 1. The molecule has 0 aliphatic carbocycles. The van der Waals surface area contributed by atoms with Gasteiger partial charge in [-0.3, -0.25) is 14.7 Å². The van der Waals surface area contributed by atoms with Gasteiger partial charge in [0.15, 0.2) is 0 Å². The average Bonchev–Trinajstić information content (AvgIpc) is 3.03. The van der Waals surface area contributed by atoms with Crippen LogP contribution in [0.1, 0.15) is 18.5 Å². The number of amides is 1. The van der Waals surface area contributed by atoms with Crippen LogP contribution in [0.3, 0.4) is 0 Å². The highest BCUT2D eigenvalue weighted by Crippen LogP contribution is 2.33. The Kier molecular flexibility index (Phi) is 5.81. The Morgan fingerprint density at radius 1 is 1.50 bits per heavy atom. The monoisotopic (exact) mass is 333 g/mol. The summed E-state index contributed by atoms with van der Waals surface area (Å²) in [4.78, 5) is 21.1. The van der Waals surface area contributed by atoms with Crippen molar-refractivity contribution in [1.29, 1.82) is 0 Å². The minimum Gasteiger partial charge on any atom is -0.383 e. The lowest BCUT2D eigenvalue weighted by Crippen LogP contribution is -2.43. The summed E-state index contributed by atoms with van der Waals surface area (Å²) in [6.07, 6.45) is 3.56. The molecule has 2 saturated heterocycles. The Morgan fingerprint density at radius 3 is 3.12 bits per heavy atom. The van der Waals surface area contributed by atoms with E-state index < -0.39 is 0 Å². The van der Waals surface area contributed by atoms with Crippen molar-refractivity contribution in [3.05, 3.63) is 30.1 Å². The van der Waals surface area contributed by atoms with Crippen LogP contribution < -0.4 is 0 Å². The molecule has 2 aliphatic rings. The number of hydrogen-bond acceptors (Lipinski definition) is 5. The van der Waals surface area contributed by atoms with Crippen molar-refractivity contribution in [3.8, 4) is 0 Å². The second-order valence-corrected chi connectivity index (χ2v) is 6.76. The van der Waals surface area contributed by atoms with Gasteiger partial charge in [-0.05, 0) is 37.4 Å². The van der Waals surface area contributed by atoms with Crippen LogP contribution in [0.4, 0.5) is 0 Å². The number of nitrogens with zero attached hydrogens (tertiary/aromatic N) is 3. The third kappa shape index (κ3) is 4.12. The standard InChI is InChI=1S/C18H27N3O3/c1-20(12-15-5-3-4-7-19-15)18(22)16-11-14-6-8-21(9-10-23-2)13-17(14)24-16/h3-5,7,14,16-17H,6,8-13H2,1-2H3/t14-,16+,17+/m0/s1. The second kappa shape index (κ2) is 8.05. The zero-order valence-electron chi connectivity index (χ0n) is 14.6. The van der Waals surface area contributed by atoms with E-state index in [1.54, 1.807) is 18.2 Å². The molecule has 3 rings (SSSR count). The molecule has 0 N–H and O–H groups in total. The zero-order chi connectivity index (χ0) is 16.9. The molecule has 0 unspecified atom stereocenters. The third-order valence-electron chi connectivity index (χ3n) is 5.02. The van der Waals surface area contributed by atoms with Crippen molar-refractivity contribution in [2.24, 2.45) is 5.92 Å². The van der Waals surface area contributed by atoms with Crippen LogP contribution in [0.15, 0.2) is 24.4 Å². The number of likely N-dealkylation sites (N-methyl/N-ethyl adjacent to an activating group) is 1. The molecule has 0 radical (unpaired) electrons. The second-order valence-electron chi connectivity index (χ2n) is 6.76. The van der Waals surface area contributed by atoms with Crippen LogP contribution in [0.25, 0.3) is 0 Å². The minimum atomic E-state index is -0.309. The predicted molar refractivity (Wildman–Crippen MR) is 90.4 cm³/mol. The molecule has 1 aromatic rings. The molecule has 6 heteroatoms. The number of hydrogen-bond donors (Lipinski definition) is 0. The van der Waals surface area contributed by atoms with Gasteiger partial charge in [-0.2, -0.15) is 0 Å². The topological polar surface area (TPSA) is 54.9 Å². The molecular formula is C18H27N3O3. The van der Waals surface area contributed by atoms with E-state index in [1.807, 2.05) is 25.2 Å². The first-order chi connectivity index (χ1) is 11.7. The summed E-state index contributed by atoms with van der Waals surface area (Å²) >= 11 is 0. The van der Waals surface area contributed by atoms with Crippen LogP contribution in [0.2, 0.25) is 0 Å². The Hall–Kier alpha value is -1.50. The normalized spacial score (nSPS) is 27.0. The number of carbonyl (C=O) groups excluding carboxylic acids is 1. The fourth-order valence-corrected chi connectivity index (χ4v) is 3.64. The maximum Gasteiger partial charge on any atom is 0.251 e. The van der Waals surface area contributed by atoms with Gasteiger partial charge in [0.05, 0.1) is 24.9 Å². The summed E-state index contributed by atoms with van der Waals surface area (Å²) in [7, 11) is 3.55. The van der Waals surface area contributed by atoms with Crippen molar-refractivity contribution in [2.45, 2.75) is 31.6 Å². The van der Waals surface area contributed by atoms with E-state index in [4.69, 9.17) is 9.47 Å². The first-order valence-electron chi connectivity index (χ1n) is 8.69. The number of aromatic nitrogens is 1. The quantitative estimate of drug-likeness (QED) is 0.782. The van der Waals surface area contributed by atoms with Gasteiger partial charge >= 0.3 is 0 Å². The number of rotatable bonds is 6. The lowest BCUT2D eigenvalue weighted by molar-refractivity contribution is -0.143. The summed E-state index contributed by atoms with van der Waals surface area (Å²) in [6.45, 7) is 4.17. The zero-order valence-corrected chi connectivity index (χ0v) is 14.6. The Balaban J connectivity index is 1.52. The van der Waals surface area contributed by atoms with Crippen LogP contribution in [-0.4, -0.2) is 73.3 Å². The van der Waals surface area contributed by atoms with Crippen molar-refractivity contribution in [3.63, 3.8) is 0 Å². The predicted octanol–water partition coefficient (Wildman–Crippen LogP) is 1.17. The van der Waals surface area contributed by atoms with Crippen LogP contribution in [-0.2, 0) is 20.8 Å². The molecule has 6 nitrogen and oxygen atoms in total. The summed E-state index contributed by atoms with van der Waals surface area (Å²) < 4.78 is 11.3. The minimum absolute atomic E-state index is 0.0681. The van der Waals surface area contributed by atoms with Gasteiger partial charge in [0.25, 0.3) is 5.91 Å². The van der Waals surface area contributed by atoms with E-state index in [9.17, 15) is 4.79 Å². The third-order valence-corrected chi connectivity index (χ3v) is 5.02. The Labute approximate surface area is 143 Å². The van der Waals surface area contributed by atoms with Crippen molar-refractivity contribution >= 4 is 5.91 Å². The number of ether oxygens (including phenoxy) is 2. The fourth-order valence-electron chi connectivity index (χ4n) is 3.64. The smallest absolute Gasteiger partial charge is 0.251 e. The van der Waals surface area contributed by atoms with E-state index in [-0.39, 0.29) is 18.1 Å². The largest absolute Gasteiger partial charge is 0.383 e. The molecule has 2 aliphatic heterocycles. The molecule has 1 amide bonds. The molecule has 0 aromatic carbocycles. The Morgan fingerprint density at radius 2 is 2.38 bits per heavy atom. The highest BCUT2D eigenvalue weighted by molar-refractivity contribution is 5.81. The van der Waals surface area contributed by atoms with E-state index in [1.165, 1.54) is 0 Å². The van der Waals surface area contributed by atoms with Gasteiger partial charge in [-0.25, -0.2) is 0 Å². The maximum absolute atomic E-state index is 12.7. The van der Waals surface area contributed by atoms with Crippen molar-refractivity contribution in [1.82, 2.24) is 14.8 Å². The highest BCUT2D eigenvalue weighted by Gasteiger charge is 2.42. The lowest BCUT2D eigenvalue weighted by Gasteiger charge is -2.33. The first-order valence-corrected chi connectivity index (χ1v) is 8.69. The van der Waals surface area contributed by atoms with E-state index in [2.05, 4.69) is 9.88 Å². The van der Waals surface area contributed by atoms with Gasteiger partial charge in [-0.1, -0.05) is 6.07 Å². The number of methoxy groups -OCH3 is 1. The van der Waals surface area contributed by atoms with Crippen molar-refractivity contribution in [2.75, 3.05) is 40.4 Å². The molecular weight excluding hydrogens is 306 g/mol. The molecule has 0 bridgehead atoms. The van der Waals surface area contributed by atoms with Crippen LogP contribution >= 0.6 is 0 Å². The molecule has 0 saturated carbocycles. The fraction of sp³-hybridized carbons (Fsp3) is 0.667. The molecule has 3 atom stereocenters. The summed E-state index contributed by atoms with van der Waals surface area (Å²) in [5.41, 5.74) is 0.898. The molecule has 24 heavy (non-hydrogen) atoms. The number of carbonyl (C=O) groups is 1. The van der Waals surface area contributed by atoms with Crippen molar-refractivity contribution < 1.29 is 14.3 Å². The highest BCUT2D eigenvalue weighted by atomic mass is 16.5. The van der Waals surface area contributed by atoms with Gasteiger partial charge in [0.2, 0.25) is 0 Å². The van der Waals surface area contributed by atoms with Crippen LogP contribution in [0, 0.1) is 5.92 Å². The molecule has 1 aromatic heterocycles.